The molecule has 25 heavy (non-hydrogen) atoms. The molecule has 0 bridgehead atoms. The number of aromatic hydroxyl groups is 1. The minimum Gasteiger partial charge on any atom is -0.506 e. The minimum atomic E-state index is -0.188. The number of aryl methyl sites for hydroxylation is 1. The van der Waals surface area contributed by atoms with Crippen molar-refractivity contribution in [1.29, 1.82) is 0 Å². The predicted octanol–water partition coefficient (Wildman–Crippen LogP) is 2.85. The van der Waals surface area contributed by atoms with Crippen LogP contribution in [0.3, 0.4) is 0 Å². The Labute approximate surface area is 148 Å². The van der Waals surface area contributed by atoms with E-state index in [1.165, 1.54) is 0 Å². The van der Waals surface area contributed by atoms with Gasteiger partial charge in [-0.25, -0.2) is 0 Å². The summed E-state index contributed by atoms with van der Waals surface area (Å²) in [6.45, 7) is 7.12. The van der Waals surface area contributed by atoms with E-state index in [9.17, 15) is 9.90 Å². The highest BCUT2D eigenvalue weighted by Crippen LogP contribution is 2.27. The molecule has 5 heteroatoms. The van der Waals surface area contributed by atoms with E-state index in [-0.39, 0.29) is 11.9 Å². The number of nitrogens with zero attached hydrogens (tertiary/aromatic N) is 2. The highest BCUT2D eigenvalue weighted by molar-refractivity contribution is 5.94. The van der Waals surface area contributed by atoms with Crippen LogP contribution < -0.4 is 10.2 Å². The number of carbonyl (C=O) groups excluding carboxylic acids is 1. The number of nitrogens with one attached hydrogen (secondary N) is 1. The van der Waals surface area contributed by atoms with Gasteiger partial charge in [-0.15, -0.1) is 0 Å². The predicted molar refractivity (Wildman–Crippen MR) is 101 cm³/mol. The van der Waals surface area contributed by atoms with Gasteiger partial charge in [-0.05, 0) is 43.7 Å². The summed E-state index contributed by atoms with van der Waals surface area (Å²) in [6, 6.07) is 15.0. The lowest BCUT2D eigenvalue weighted by Crippen LogP contribution is -2.52. The first-order valence-corrected chi connectivity index (χ1v) is 8.69. The molecule has 1 unspecified atom stereocenters. The second-order valence-corrected chi connectivity index (χ2v) is 6.55. The van der Waals surface area contributed by atoms with E-state index in [1.54, 1.807) is 6.07 Å². The van der Waals surface area contributed by atoms with Gasteiger partial charge >= 0.3 is 0 Å². The largest absolute Gasteiger partial charge is 0.506 e. The van der Waals surface area contributed by atoms with Gasteiger partial charge in [-0.2, -0.15) is 0 Å². The standard InChI is InChI=1S/C20H25N3O2/c1-15-6-5-7-17(14-15)21-20(25)16(2)22-10-12-23(13-11-22)18-8-3-4-9-19(18)24/h3-9,14,16,24H,10-13H2,1-2H3,(H,21,25). The van der Waals surface area contributed by atoms with Gasteiger partial charge < -0.3 is 15.3 Å². The number of hydrogen-bond donors (Lipinski definition) is 2. The number of carbonyl (C=O) groups is 1. The van der Waals surface area contributed by atoms with E-state index in [4.69, 9.17) is 0 Å². The molecule has 1 fully saturated rings. The lowest BCUT2D eigenvalue weighted by atomic mass is 10.1. The molecular formula is C20H25N3O2. The normalized spacial score (nSPS) is 16.5. The fourth-order valence-electron chi connectivity index (χ4n) is 3.22. The number of anilines is 2. The molecule has 1 heterocycles. The Morgan fingerprint density at radius 1 is 1.08 bits per heavy atom. The van der Waals surface area contributed by atoms with Crippen LogP contribution in [-0.4, -0.2) is 48.1 Å². The molecule has 0 aromatic heterocycles. The highest BCUT2D eigenvalue weighted by Gasteiger charge is 2.26. The van der Waals surface area contributed by atoms with E-state index < -0.39 is 0 Å². The summed E-state index contributed by atoms with van der Waals surface area (Å²) in [4.78, 5) is 16.9. The van der Waals surface area contributed by atoms with Gasteiger partial charge in [0.05, 0.1) is 11.7 Å². The Morgan fingerprint density at radius 2 is 1.80 bits per heavy atom. The summed E-state index contributed by atoms with van der Waals surface area (Å²) in [5.41, 5.74) is 2.82. The quantitative estimate of drug-likeness (QED) is 0.899. The minimum absolute atomic E-state index is 0.0154. The third-order valence-electron chi connectivity index (χ3n) is 4.75. The van der Waals surface area contributed by atoms with E-state index in [2.05, 4.69) is 15.1 Å². The molecule has 1 atom stereocenters. The number of phenolic OH excluding ortho intramolecular Hbond substituents is 1. The summed E-state index contributed by atoms with van der Waals surface area (Å²) < 4.78 is 0. The number of piperazine rings is 1. The number of amides is 1. The van der Waals surface area contributed by atoms with Gasteiger partial charge in [-0.3, -0.25) is 9.69 Å². The fraction of sp³-hybridized carbons (Fsp3) is 0.350. The molecule has 2 aromatic rings. The summed E-state index contributed by atoms with van der Waals surface area (Å²) in [6.07, 6.45) is 0. The maximum absolute atomic E-state index is 12.5. The van der Waals surface area contributed by atoms with Crippen molar-refractivity contribution in [1.82, 2.24) is 4.90 Å². The first kappa shape index (κ1) is 17.3. The number of rotatable bonds is 4. The van der Waals surface area contributed by atoms with E-state index in [0.29, 0.717) is 5.75 Å². The Balaban J connectivity index is 1.57. The third kappa shape index (κ3) is 4.12. The molecule has 132 valence electrons. The van der Waals surface area contributed by atoms with Crippen molar-refractivity contribution in [2.24, 2.45) is 0 Å². The molecule has 5 nitrogen and oxygen atoms in total. The molecule has 3 rings (SSSR count). The maximum Gasteiger partial charge on any atom is 0.241 e. The van der Waals surface area contributed by atoms with Crippen LogP contribution in [0.1, 0.15) is 12.5 Å². The first-order chi connectivity index (χ1) is 12.0. The average molecular weight is 339 g/mol. The van der Waals surface area contributed by atoms with E-state index in [0.717, 1.165) is 43.1 Å². The maximum atomic E-state index is 12.5. The van der Waals surface area contributed by atoms with Gasteiger partial charge in [0.15, 0.2) is 0 Å². The molecule has 0 spiro atoms. The number of hydrogen-bond acceptors (Lipinski definition) is 4. The number of para-hydroxylation sites is 2. The summed E-state index contributed by atoms with van der Waals surface area (Å²) in [5, 5.41) is 13.0. The van der Waals surface area contributed by atoms with Crippen LogP contribution in [0.25, 0.3) is 0 Å². The molecule has 0 radical (unpaired) electrons. The monoisotopic (exact) mass is 339 g/mol. The van der Waals surface area contributed by atoms with Gasteiger partial charge in [0.2, 0.25) is 5.91 Å². The molecule has 1 aliphatic rings. The molecule has 1 saturated heterocycles. The second kappa shape index (κ2) is 7.57. The van der Waals surface area contributed by atoms with Crippen molar-refractivity contribution in [2.75, 3.05) is 36.4 Å². The van der Waals surface area contributed by atoms with Crippen LogP contribution in [0, 0.1) is 6.92 Å². The molecule has 1 amide bonds. The van der Waals surface area contributed by atoms with Crippen LogP contribution >= 0.6 is 0 Å². The van der Waals surface area contributed by atoms with Crippen LogP contribution in [-0.2, 0) is 4.79 Å². The van der Waals surface area contributed by atoms with Crippen molar-refractivity contribution < 1.29 is 9.90 Å². The number of benzene rings is 2. The van der Waals surface area contributed by atoms with Crippen molar-refractivity contribution in [3.8, 4) is 5.75 Å². The SMILES string of the molecule is Cc1cccc(NC(=O)C(C)N2CCN(c3ccccc3O)CC2)c1. The van der Waals surface area contributed by atoms with Crippen LogP contribution in [0.4, 0.5) is 11.4 Å². The van der Waals surface area contributed by atoms with Gasteiger partial charge in [0.1, 0.15) is 5.75 Å². The van der Waals surface area contributed by atoms with Crippen molar-refractivity contribution >= 4 is 17.3 Å². The summed E-state index contributed by atoms with van der Waals surface area (Å²) >= 11 is 0. The van der Waals surface area contributed by atoms with Gasteiger partial charge in [0.25, 0.3) is 0 Å². The lowest BCUT2D eigenvalue weighted by Gasteiger charge is -2.38. The highest BCUT2D eigenvalue weighted by atomic mass is 16.3. The second-order valence-electron chi connectivity index (χ2n) is 6.55. The van der Waals surface area contributed by atoms with Crippen molar-refractivity contribution in [2.45, 2.75) is 19.9 Å². The Hall–Kier alpha value is -2.53. The fourth-order valence-corrected chi connectivity index (χ4v) is 3.22. The zero-order valence-electron chi connectivity index (χ0n) is 14.8. The van der Waals surface area contributed by atoms with Gasteiger partial charge in [0, 0.05) is 31.9 Å². The molecule has 2 aromatic carbocycles. The zero-order valence-corrected chi connectivity index (χ0v) is 14.8. The summed E-state index contributed by atoms with van der Waals surface area (Å²) in [7, 11) is 0. The smallest absolute Gasteiger partial charge is 0.241 e. The lowest BCUT2D eigenvalue weighted by molar-refractivity contribution is -0.120. The van der Waals surface area contributed by atoms with Crippen LogP contribution in [0.15, 0.2) is 48.5 Å². The van der Waals surface area contributed by atoms with Crippen molar-refractivity contribution in [3.05, 3.63) is 54.1 Å². The Bertz CT molecular complexity index is 739. The summed E-state index contributed by atoms with van der Waals surface area (Å²) in [5.74, 6) is 0.322. The molecule has 2 N–H and O–H groups in total. The molecule has 0 saturated carbocycles. The molecule has 1 aliphatic heterocycles. The Kier molecular flexibility index (Phi) is 5.24. The third-order valence-corrected chi connectivity index (χ3v) is 4.75. The topological polar surface area (TPSA) is 55.8 Å². The van der Waals surface area contributed by atoms with Gasteiger partial charge in [-0.1, -0.05) is 24.3 Å². The van der Waals surface area contributed by atoms with Crippen LogP contribution in [0.2, 0.25) is 0 Å². The zero-order chi connectivity index (χ0) is 17.8. The Morgan fingerprint density at radius 3 is 2.48 bits per heavy atom. The van der Waals surface area contributed by atoms with E-state index >= 15 is 0 Å². The van der Waals surface area contributed by atoms with Crippen molar-refractivity contribution in [3.63, 3.8) is 0 Å². The average Bonchev–Trinajstić information content (AvgIpc) is 2.62. The van der Waals surface area contributed by atoms with E-state index in [1.807, 2.05) is 56.3 Å². The molecule has 0 aliphatic carbocycles. The molecular weight excluding hydrogens is 314 g/mol. The van der Waals surface area contributed by atoms with Crippen LogP contribution in [0.5, 0.6) is 5.75 Å². The number of phenols is 1. The first-order valence-electron chi connectivity index (χ1n) is 8.69.